The molecule has 0 bridgehead atoms. The minimum atomic E-state index is -3.41. The van der Waals surface area contributed by atoms with Gasteiger partial charge in [0.05, 0.1) is 20.0 Å². The van der Waals surface area contributed by atoms with Gasteiger partial charge >= 0.3 is 0 Å². The maximum atomic E-state index is 12.2. The molecule has 1 amide bonds. The van der Waals surface area contributed by atoms with Gasteiger partial charge in [-0.3, -0.25) is 4.79 Å². The van der Waals surface area contributed by atoms with E-state index in [9.17, 15) is 13.2 Å². The van der Waals surface area contributed by atoms with Crippen LogP contribution in [0, 0.1) is 0 Å². The van der Waals surface area contributed by atoms with E-state index in [2.05, 4.69) is 10.3 Å². The Balaban J connectivity index is 2.38. The normalized spacial score (nSPS) is 11.3. The lowest BCUT2D eigenvalue weighted by molar-refractivity contribution is 0.102. The monoisotopic (exact) mass is 412 g/mol. The van der Waals surface area contributed by atoms with Gasteiger partial charge in [-0.15, -0.1) is 0 Å². The summed E-state index contributed by atoms with van der Waals surface area (Å²) in [4.78, 5) is 16.1. The van der Waals surface area contributed by atoms with Crippen molar-refractivity contribution in [3.8, 4) is 0 Å². The zero-order valence-corrected chi connectivity index (χ0v) is 15.2. The van der Waals surface area contributed by atoms with Crippen molar-refractivity contribution in [1.29, 1.82) is 0 Å². The Morgan fingerprint density at radius 3 is 2.35 bits per heavy atom. The summed E-state index contributed by atoms with van der Waals surface area (Å²) in [7, 11) is -3.41. The van der Waals surface area contributed by atoms with E-state index in [4.69, 9.17) is 46.4 Å². The number of sulfone groups is 1. The quantitative estimate of drug-likeness (QED) is 0.758. The highest BCUT2D eigenvalue weighted by molar-refractivity contribution is 7.90. The Kier molecular flexibility index (Phi) is 5.43. The van der Waals surface area contributed by atoms with E-state index < -0.39 is 15.7 Å². The van der Waals surface area contributed by atoms with Crippen molar-refractivity contribution in [2.45, 2.75) is 4.90 Å². The number of carbonyl (C=O) groups is 1. The molecule has 2 rings (SSSR count). The molecular formula is C13H8Cl4N2O3S. The number of pyridine rings is 1. The molecule has 0 spiro atoms. The van der Waals surface area contributed by atoms with Gasteiger partial charge in [-0.1, -0.05) is 52.5 Å². The van der Waals surface area contributed by atoms with Crippen molar-refractivity contribution in [2.75, 3.05) is 11.6 Å². The highest BCUT2D eigenvalue weighted by Crippen LogP contribution is 2.36. The third-order valence-electron chi connectivity index (χ3n) is 2.72. The van der Waals surface area contributed by atoms with E-state index in [0.717, 1.165) is 6.26 Å². The van der Waals surface area contributed by atoms with Crippen LogP contribution in [0.25, 0.3) is 0 Å². The lowest BCUT2D eigenvalue weighted by atomic mass is 10.3. The van der Waals surface area contributed by atoms with Crippen LogP contribution in [0.1, 0.15) is 10.5 Å². The molecule has 5 nitrogen and oxygen atoms in total. The third kappa shape index (κ3) is 4.08. The van der Waals surface area contributed by atoms with Crippen LogP contribution in [0.4, 0.5) is 5.69 Å². The van der Waals surface area contributed by atoms with Gasteiger partial charge < -0.3 is 5.32 Å². The van der Waals surface area contributed by atoms with E-state index in [-0.39, 0.29) is 36.5 Å². The molecule has 23 heavy (non-hydrogen) atoms. The summed E-state index contributed by atoms with van der Waals surface area (Å²) in [5, 5.41) is 1.99. The average Bonchev–Trinajstić information content (AvgIpc) is 2.48. The van der Waals surface area contributed by atoms with Crippen molar-refractivity contribution in [1.82, 2.24) is 4.98 Å². The van der Waals surface area contributed by atoms with Crippen molar-refractivity contribution in [3.63, 3.8) is 0 Å². The lowest BCUT2D eigenvalue weighted by Gasteiger charge is -2.09. The third-order valence-corrected chi connectivity index (χ3v) is 5.51. The van der Waals surface area contributed by atoms with Crippen LogP contribution in [-0.4, -0.2) is 25.6 Å². The topological polar surface area (TPSA) is 76.1 Å². The fraction of sp³-hybridized carbons (Fsp3) is 0.0769. The molecule has 0 saturated carbocycles. The van der Waals surface area contributed by atoms with E-state index in [1.165, 1.54) is 24.3 Å². The standard InChI is InChI=1S/C13H8Cl4N2O3S/c1-23(21,22)7-4-2-3-6(5-7)18-13(20)11-9(15)8(14)10(16)12(17)19-11/h2-5H,1H3,(H,18,20). The van der Waals surface area contributed by atoms with Crippen LogP contribution in [0.5, 0.6) is 0 Å². The first-order chi connectivity index (χ1) is 10.6. The van der Waals surface area contributed by atoms with Crippen LogP contribution in [0.2, 0.25) is 20.2 Å². The second-order valence-electron chi connectivity index (χ2n) is 4.45. The van der Waals surface area contributed by atoms with Gasteiger partial charge in [0.1, 0.15) is 10.8 Å². The molecule has 0 aliphatic rings. The van der Waals surface area contributed by atoms with Gasteiger partial charge in [-0.05, 0) is 18.2 Å². The number of halogens is 4. The largest absolute Gasteiger partial charge is 0.321 e. The molecule has 0 saturated heterocycles. The highest BCUT2D eigenvalue weighted by Gasteiger charge is 2.20. The molecule has 1 aromatic heterocycles. The Labute approximate surface area is 152 Å². The first-order valence-electron chi connectivity index (χ1n) is 5.92. The zero-order chi connectivity index (χ0) is 17.4. The first kappa shape index (κ1) is 18.3. The van der Waals surface area contributed by atoms with Crippen LogP contribution in [-0.2, 0) is 9.84 Å². The van der Waals surface area contributed by atoms with Crippen molar-refractivity contribution in [3.05, 3.63) is 50.2 Å². The minimum Gasteiger partial charge on any atom is -0.321 e. The summed E-state index contributed by atoms with van der Waals surface area (Å²) in [6.07, 6.45) is 1.06. The van der Waals surface area contributed by atoms with Gasteiger partial charge in [0, 0.05) is 11.9 Å². The van der Waals surface area contributed by atoms with Crippen molar-refractivity contribution in [2.24, 2.45) is 0 Å². The highest BCUT2D eigenvalue weighted by atomic mass is 35.5. The molecule has 10 heteroatoms. The van der Waals surface area contributed by atoms with Crippen molar-refractivity contribution >= 4 is 67.8 Å². The number of rotatable bonds is 3. The number of hydrogen-bond acceptors (Lipinski definition) is 4. The minimum absolute atomic E-state index is 0.0570. The number of benzene rings is 1. The van der Waals surface area contributed by atoms with Crippen LogP contribution < -0.4 is 5.32 Å². The summed E-state index contributed by atoms with van der Waals surface area (Å²) < 4.78 is 23.1. The molecule has 0 unspecified atom stereocenters. The zero-order valence-electron chi connectivity index (χ0n) is 11.4. The smallest absolute Gasteiger partial charge is 0.275 e. The first-order valence-corrected chi connectivity index (χ1v) is 9.33. The fourth-order valence-electron chi connectivity index (χ4n) is 1.63. The molecule has 0 fully saturated rings. The Bertz CT molecular complexity index is 900. The fourth-order valence-corrected chi connectivity index (χ4v) is 3.11. The molecule has 0 aliphatic heterocycles. The van der Waals surface area contributed by atoms with Crippen LogP contribution >= 0.6 is 46.4 Å². The predicted octanol–water partition coefficient (Wildman–Crippen LogP) is 4.35. The summed E-state index contributed by atoms with van der Waals surface area (Å²) in [5.41, 5.74) is 0.0220. The molecule has 1 aromatic carbocycles. The molecule has 2 aromatic rings. The van der Waals surface area contributed by atoms with Crippen molar-refractivity contribution < 1.29 is 13.2 Å². The summed E-state index contributed by atoms with van der Waals surface area (Å²) in [5.74, 6) is -0.707. The van der Waals surface area contributed by atoms with Gasteiger partial charge in [0.15, 0.2) is 9.84 Å². The molecular weight excluding hydrogens is 406 g/mol. The summed E-state index contributed by atoms with van der Waals surface area (Å²) in [6.45, 7) is 0. The number of hydrogen-bond donors (Lipinski definition) is 1. The second-order valence-corrected chi connectivity index (χ2v) is 7.95. The van der Waals surface area contributed by atoms with E-state index >= 15 is 0 Å². The number of aromatic nitrogens is 1. The number of carbonyl (C=O) groups excluding carboxylic acids is 1. The SMILES string of the molecule is CS(=O)(=O)c1cccc(NC(=O)c2nc(Cl)c(Cl)c(Cl)c2Cl)c1. The van der Waals surface area contributed by atoms with Gasteiger partial charge in [-0.25, -0.2) is 13.4 Å². The predicted molar refractivity (Wildman–Crippen MR) is 91.8 cm³/mol. The number of amides is 1. The Morgan fingerprint density at radius 2 is 1.74 bits per heavy atom. The molecule has 122 valence electrons. The maximum Gasteiger partial charge on any atom is 0.275 e. The molecule has 1 heterocycles. The van der Waals surface area contributed by atoms with Crippen LogP contribution in [0.3, 0.4) is 0 Å². The Morgan fingerprint density at radius 1 is 1.09 bits per heavy atom. The lowest BCUT2D eigenvalue weighted by Crippen LogP contribution is -2.15. The van der Waals surface area contributed by atoms with E-state index in [1.807, 2.05) is 0 Å². The number of nitrogens with one attached hydrogen (secondary N) is 1. The van der Waals surface area contributed by atoms with Crippen LogP contribution in [0.15, 0.2) is 29.2 Å². The van der Waals surface area contributed by atoms with Gasteiger partial charge in [-0.2, -0.15) is 0 Å². The molecule has 0 radical (unpaired) electrons. The van der Waals surface area contributed by atoms with E-state index in [1.54, 1.807) is 0 Å². The average molecular weight is 414 g/mol. The van der Waals surface area contributed by atoms with E-state index in [0.29, 0.717) is 0 Å². The number of anilines is 1. The maximum absolute atomic E-state index is 12.2. The summed E-state index contributed by atoms with van der Waals surface area (Å²) in [6, 6.07) is 5.72. The second kappa shape index (κ2) is 6.83. The molecule has 0 atom stereocenters. The van der Waals surface area contributed by atoms with Gasteiger partial charge in [0.2, 0.25) is 0 Å². The van der Waals surface area contributed by atoms with Gasteiger partial charge in [0.25, 0.3) is 5.91 Å². The Hall–Kier alpha value is -1.05. The molecule has 1 N–H and O–H groups in total. The number of nitrogens with zero attached hydrogens (tertiary/aromatic N) is 1. The molecule has 0 aliphatic carbocycles. The summed E-state index contributed by atoms with van der Waals surface area (Å²) >= 11 is 23.4.